The number of aromatic nitrogens is 2. The van der Waals surface area contributed by atoms with E-state index in [1.807, 2.05) is 0 Å². The number of hydrogen-bond acceptors (Lipinski definition) is 6. The average molecular weight is 405 g/mol. The van der Waals surface area contributed by atoms with Crippen molar-refractivity contribution in [3.63, 3.8) is 0 Å². The van der Waals surface area contributed by atoms with Crippen molar-refractivity contribution in [1.29, 1.82) is 0 Å². The second kappa shape index (κ2) is 6.85. The van der Waals surface area contributed by atoms with E-state index in [4.69, 9.17) is 0 Å². The van der Waals surface area contributed by atoms with Crippen LogP contribution in [0.4, 0.5) is 10.8 Å². The third kappa shape index (κ3) is 3.63. The molecule has 0 unspecified atom stereocenters. The number of non-ortho nitro benzene ring substituents is 1. The molecule has 0 aliphatic rings. The van der Waals surface area contributed by atoms with Crippen molar-refractivity contribution >= 4 is 44.0 Å². The van der Waals surface area contributed by atoms with Crippen LogP contribution < -0.4 is 5.32 Å². The van der Waals surface area contributed by atoms with Crippen LogP contribution >= 0.6 is 27.3 Å². The predicted molar refractivity (Wildman–Crippen MR) is 94.1 cm³/mol. The maximum atomic E-state index is 12.2. The summed E-state index contributed by atoms with van der Waals surface area (Å²) in [5.41, 5.74) is 1.81. The summed E-state index contributed by atoms with van der Waals surface area (Å²) < 4.78 is 0.709. The Balaban J connectivity index is 1.75. The highest BCUT2D eigenvalue weighted by molar-refractivity contribution is 9.10. The molecule has 0 bridgehead atoms. The summed E-state index contributed by atoms with van der Waals surface area (Å²) in [6.07, 6.45) is 3.05. The first-order valence-corrected chi connectivity index (χ1v) is 8.32. The van der Waals surface area contributed by atoms with E-state index < -0.39 is 4.92 Å². The van der Waals surface area contributed by atoms with E-state index >= 15 is 0 Å². The van der Waals surface area contributed by atoms with Gasteiger partial charge in [-0.2, -0.15) is 0 Å². The number of anilines is 1. The standard InChI is InChI=1S/C15H9BrN4O3S/c16-11-5-10(6-17-7-11)14(21)19-15-18-13(8-24-15)9-1-3-12(4-2-9)20(22)23/h1-8H,(H,18,19,21). The van der Waals surface area contributed by atoms with Gasteiger partial charge in [0.2, 0.25) is 0 Å². The molecule has 24 heavy (non-hydrogen) atoms. The second-order valence-electron chi connectivity index (χ2n) is 4.69. The van der Waals surface area contributed by atoms with Crippen LogP contribution in [-0.4, -0.2) is 20.8 Å². The summed E-state index contributed by atoms with van der Waals surface area (Å²) in [4.78, 5) is 30.6. The van der Waals surface area contributed by atoms with Crippen LogP contribution in [0.15, 0.2) is 52.6 Å². The number of amides is 1. The molecule has 2 aromatic heterocycles. The first-order chi connectivity index (χ1) is 11.5. The number of halogens is 1. The number of rotatable bonds is 4. The Labute approximate surface area is 148 Å². The lowest BCUT2D eigenvalue weighted by Gasteiger charge is -2.01. The van der Waals surface area contributed by atoms with Gasteiger partial charge in [0.15, 0.2) is 5.13 Å². The van der Waals surface area contributed by atoms with Crippen LogP contribution in [0, 0.1) is 10.1 Å². The molecule has 0 radical (unpaired) electrons. The van der Waals surface area contributed by atoms with E-state index in [1.165, 1.54) is 29.7 Å². The Morgan fingerprint density at radius 1 is 1.25 bits per heavy atom. The Hall–Kier alpha value is -2.65. The number of carbonyl (C=O) groups excluding carboxylic acids is 1. The van der Waals surface area contributed by atoms with Crippen molar-refractivity contribution in [2.45, 2.75) is 0 Å². The number of nitrogens with one attached hydrogen (secondary N) is 1. The minimum absolute atomic E-state index is 0.0182. The van der Waals surface area contributed by atoms with E-state index in [-0.39, 0.29) is 11.6 Å². The van der Waals surface area contributed by atoms with Gasteiger partial charge >= 0.3 is 0 Å². The minimum atomic E-state index is -0.456. The molecule has 1 aromatic carbocycles. The largest absolute Gasteiger partial charge is 0.298 e. The lowest BCUT2D eigenvalue weighted by Crippen LogP contribution is -2.11. The molecule has 0 aliphatic heterocycles. The summed E-state index contributed by atoms with van der Waals surface area (Å²) >= 11 is 4.54. The zero-order valence-electron chi connectivity index (χ0n) is 12.0. The van der Waals surface area contributed by atoms with Crippen LogP contribution in [-0.2, 0) is 0 Å². The molecule has 0 aliphatic carbocycles. The van der Waals surface area contributed by atoms with Gasteiger partial charge in [0.05, 0.1) is 16.2 Å². The first kappa shape index (κ1) is 16.2. The number of nitro groups is 1. The minimum Gasteiger partial charge on any atom is -0.298 e. The van der Waals surface area contributed by atoms with E-state index in [0.717, 1.165) is 5.56 Å². The highest BCUT2D eigenvalue weighted by atomic mass is 79.9. The van der Waals surface area contributed by atoms with Crippen LogP contribution in [0.5, 0.6) is 0 Å². The number of benzene rings is 1. The van der Waals surface area contributed by atoms with Gasteiger partial charge in [0.1, 0.15) is 0 Å². The molecule has 1 N–H and O–H groups in total. The zero-order chi connectivity index (χ0) is 17.1. The fourth-order valence-corrected chi connectivity index (χ4v) is 3.00. The maximum absolute atomic E-state index is 12.2. The average Bonchev–Trinajstić information content (AvgIpc) is 3.03. The monoisotopic (exact) mass is 404 g/mol. The molecule has 1 amide bonds. The summed E-state index contributed by atoms with van der Waals surface area (Å²) in [7, 11) is 0. The van der Waals surface area contributed by atoms with Gasteiger partial charge in [-0.25, -0.2) is 4.98 Å². The number of hydrogen-bond donors (Lipinski definition) is 1. The summed E-state index contributed by atoms with van der Waals surface area (Å²) in [6.45, 7) is 0. The number of thiazole rings is 1. The van der Waals surface area contributed by atoms with Crippen molar-refractivity contribution in [1.82, 2.24) is 9.97 Å². The molecule has 9 heteroatoms. The van der Waals surface area contributed by atoms with Crippen molar-refractivity contribution in [2.24, 2.45) is 0 Å². The van der Waals surface area contributed by atoms with Gasteiger partial charge < -0.3 is 0 Å². The summed E-state index contributed by atoms with van der Waals surface area (Å²) in [5, 5.41) is 15.6. The highest BCUT2D eigenvalue weighted by Gasteiger charge is 2.12. The van der Waals surface area contributed by atoms with Crippen molar-refractivity contribution in [2.75, 3.05) is 5.32 Å². The maximum Gasteiger partial charge on any atom is 0.269 e. The van der Waals surface area contributed by atoms with Crippen molar-refractivity contribution in [3.8, 4) is 11.3 Å². The topological polar surface area (TPSA) is 98.0 Å². The number of pyridine rings is 1. The summed E-state index contributed by atoms with van der Waals surface area (Å²) in [6, 6.07) is 7.74. The fourth-order valence-electron chi connectivity index (χ4n) is 1.92. The van der Waals surface area contributed by atoms with Crippen LogP contribution in [0.3, 0.4) is 0 Å². The van der Waals surface area contributed by atoms with E-state index in [9.17, 15) is 14.9 Å². The zero-order valence-corrected chi connectivity index (χ0v) is 14.4. The molecule has 120 valence electrons. The fraction of sp³-hybridized carbons (Fsp3) is 0. The van der Waals surface area contributed by atoms with E-state index in [0.29, 0.717) is 20.9 Å². The Morgan fingerprint density at radius 3 is 2.67 bits per heavy atom. The van der Waals surface area contributed by atoms with Crippen LogP contribution in [0.1, 0.15) is 10.4 Å². The normalized spacial score (nSPS) is 10.4. The molecule has 3 rings (SSSR count). The third-order valence-electron chi connectivity index (χ3n) is 3.07. The number of nitrogens with zero attached hydrogens (tertiary/aromatic N) is 3. The second-order valence-corrected chi connectivity index (χ2v) is 6.46. The Bertz CT molecular complexity index is 911. The molecule has 2 heterocycles. The molecule has 0 saturated carbocycles. The smallest absolute Gasteiger partial charge is 0.269 e. The Kier molecular flexibility index (Phi) is 4.63. The van der Waals surface area contributed by atoms with Gasteiger partial charge in [0, 0.05) is 39.9 Å². The third-order valence-corrected chi connectivity index (χ3v) is 4.26. The number of carbonyl (C=O) groups is 1. The molecule has 0 atom stereocenters. The predicted octanol–water partition coefficient (Wildman–Crippen LogP) is 4.13. The van der Waals surface area contributed by atoms with Gasteiger partial charge in [-0.15, -0.1) is 11.3 Å². The number of nitro benzene ring substituents is 1. The van der Waals surface area contributed by atoms with Gasteiger partial charge in [0.25, 0.3) is 11.6 Å². The summed E-state index contributed by atoms with van der Waals surface area (Å²) in [5.74, 6) is -0.312. The SMILES string of the molecule is O=C(Nc1nc(-c2ccc([N+](=O)[O-])cc2)cs1)c1cncc(Br)c1. The van der Waals surface area contributed by atoms with Gasteiger partial charge in [-0.3, -0.25) is 25.2 Å². The first-order valence-electron chi connectivity index (χ1n) is 6.65. The van der Waals surface area contributed by atoms with Crippen LogP contribution in [0.2, 0.25) is 0 Å². The van der Waals surface area contributed by atoms with Crippen molar-refractivity contribution < 1.29 is 9.72 Å². The quantitative estimate of drug-likeness (QED) is 0.520. The Morgan fingerprint density at radius 2 is 2.00 bits per heavy atom. The molecule has 0 saturated heterocycles. The lowest BCUT2D eigenvalue weighted by atomic mass is 10.1. The molecular formula is C15H9BrN4O3S. The van der Waals surface area contributed by atoms with E-state index in [2.05, 4.69) is 31.2 Å². The van der Waals surface area contributed by atoms with Gasteiger partial charge in [-0.1, -0.05) is 0 Å². The van der Waals surface area contributed by atoms with Gasteiger partial charge in [-0.05, 0) is 34.1 Å². The highest BCUT2D eigenvalue weighted by Crippen LogP contribution is 2.26. The molecular weight excluding hydrogens is 396 g/mol. The van der Waals surface area contributed by atoms with Crippen molar-refractivity contribution in [3.05, 3.63) is 68.3 Å². The lowest BCUT2D eigenvalue weighted by molar-refractivity contribution is -0.384. The molecule has 0 fully saturated rings. The molecule has 0 spiro atoms. The van der Waals surface area contributed by atoms with E-state index in [1.54, 1.807) is 29.8 Å². The molecule has 7 nitrogen and oxygen atoms in total. The van der Waals surface area contributed by atoms with Crippen LogP contribution in [0.25, 0.3) is 11.3 Å². The molecule has 3 aromatic rings.